The molecule has 2 aromatic carbocycles. The van der Waals surface area contributed by atoms with E-state index in [-0.39, 0.29) is 11.7 Å². The minimum Gasteiger partial charge on any atom is -0.508 e. The van der Waals surface area contributed by atoms with Crippen LogP contribution in [0.2, 0.25) is 0 Å². The normalized spacial score (nSPS) is 11.9. The highest BCUT2D eigenvalue weighted by atomic mass is 79.9. The van der Waals surface area contributed by atoms with Crippen molar-refractivity contribution >= 4 is 27.5 Å². The lowest BCUT2D eigenvalue weighted by Gasteiger charge is -2.13. The molecule has 0 saturated carbocycles. The first kappa shape index (κ1) is 25.2. The van der Waals surface area contributed by atoms with E-state index >= 15 is 0 Å². The zero-order valence-electron chi connectivity index (χ0n) is 19.5. The van der Waals surface area contributed by atoms with Crippen molar-refractivity contribution in [2.75, 3.05) is 6.61 Å². The van der Waals surface area contributed by atoms with Crippen LogP contribution in [0.5, 0.6) is 11.5 Å². The molecular formula is C28H28BrNO4. The van der Waals surface area contributed by atoms with E-state index in [1.165, 1.54) is 6.20 Å². The Hall–Kier alpha value is -3.38. The van der Waals surface area contributed by atoms with Crippen LogP contribution in [0, 0.1) is 0 Å². The molecule has 176 valence electrons. The molecule has 6 heteroatoms. The summed E-state index contributed by atoms with van der Waals surface area (Å²) in [4.78, 5) is 16.1. The number of hydrogen-bond donors (Lipinski definition) is 1. The van der Waals surface area contributed by atoms with Crippen LogP contribution in [-0.2, 0) is 17.8 Å². The van der Waals surface area contributed by atoms with E-state index in [1.54, 1.807) is 25.3 Å². The third kappa shape index (κ3) is 7.32. The van der Waals surface area contributed by atoms with Crippen LogP contribution in [-0.4, -0.2) is 22.7 Å². The summed E-state index contributed by atoms with van der Waals surface area (Å²) in [6, 6.07) is 14.7. The Labute approximate surface area is 208 Å². The molecule has 0 atom stereocenters. The average Bonchev–Trinajstić information content (AvgIpc) is 2.83. The van der Waals surface area contributed by atoms with Crippen molar-refractivity contribution in [2.24, 2.45) is 0 Å². The monoisotopic (exact) mass is 521 g/mol. The highest BCUT2D eigenvalue weighted by molar-refractivity contribution is 9.10. The van der Waals surface area contributed by atoms with E-state index in [9.17, 15) is 9.90 Å². The molecule has 0 aliphatic rings. The second-order valence-electron chi connectivity index (χ2n) is 7.94. The van der Waals surface area contributed by atoms with Gasteiger partial charge < -0.3 is 14.6 Å². The van der Waals surface area contributed by atoms with E-state index in [1.807, 2.05) is 50.2 Å². The van der Waals surface area contributed by atoms with Gasteiger partial charge in [0.05, 0.1) is 12.2 Å². The lowest BCUT2D eigenvalue weighted by Crippen LogP contribution is -2.05. The lowest BCUT2D eigenvalue weighted by atomic mass is 10.0. The lowest BCUT2D eigenvalue weighted by molar-refractivity contribution is 0.0525. The molecule has 3 rings (SSSR count). The van der Waals surface area contributed by atoms with E-state index in [0.717, 1.165) is 38.1 Å². The second kappa shape index (κ2) is 12.2. The van der Waals surface area contributed by atoms with Gasteiger partial charge in [0, 0.05) is 22.4 Å². The quantitative estimate of drug-likeness (QED) is 0.245. The highest BCUT2D eigenvalue weighted by Crippen LogP contribution is 2.30. The van der Waals surface area contributed by atoms with Gasteiger partial charge in [0.2, 0.25) is 0 Å². The zero-order valence-corrected chi connectivity index (χ0v) is 21.1. The average molecular weight is 522 g/mol. The maximum absolute atomic E-state index is 12.0. The topological polar surface area (TPSA) is 68.7 Å². The summed E-state index contributed by atoms with van der Waals surface area (Å²) in [5.41, 5.74) is 5.56. The third-order valence-corrected chi connectivity index (χ3v) is 5.60. The van der Waals surface area contributed by atoms with Crippen LogP contribution in [0.15, 0.2) is 83.1 Å². The number of aromatic hydroxyl groups is 1. The number of aromatic nitrogens is 1. The maximum atomic E-state index is 12.0. The van der Waals surface area contributed by atoms with Crippen LogP contribution < -0.4 is 4.74 Å². The summed E-state index contributed by atoms with van der Waals surface area (Å²) in [5, 5.41) is 9.46. The molecule has 0 aliphatic heterocycles. The Kier molecular flexibility index (Phi) is 9.05. The van der Waals surface area contributed by atoms with Gasteiger partial charge in [0.1, 0.15) is 18.1 Å². The Morgan fingerprint density at radius 1 is 1.03 bits per heavy atom. The van der Waals surface area contributed by atoms with Gasteiger partial charge in [-0.15, -0.1) is 0 Å². The fraction of sp³-hybridized carbons (Fsp3) is 0.214. The van der Waals surface area contributed by atoms with Crippen LogP contribution in [0.1, 0.15) is 47.8 Å². The first-order chi connectivity index (χ1) is 16.4. The fourth-order valence-electron chi connectivity index (χ4n) is 3.34. The van der Waals surface area contributed by atoms with Crippen molar-refractivity contribution in [1.82, 2.24) is 4.98 Å². The van der Waals surface area contributed by atoms with Gasteiger partial charge in [-0.25, -0.2) is 4.79 Å². The Balaban J connectivity index is 1.73. The van der Waals surface area contributed by atoms with Crippen molar-refractivity contribution in [3.05, 3.63) is 105 Å². The number of carbonyl (C=O) groups is 1. The summed E-state index contributed by atoms with van der Waals surface area (Å²) in [7, 11) is 0. The van der Waals surface area contributed by atoms with Gasteiger partial charge in [-0.3, -0.25) is 4.98 Å². The molecule has 3 aromatic rings. The van der Waals surface area contributed by atoms with Gasteiger partial charge in [-0.05, 0) is 80.3 Å². The smallest absolute Gasteiger partial charge is 0.339 e. The number of hydrogen-bond acceptors (Lipinski definition) is 5. The fourth-order valence-corrected chi connectivity index (χ4v) is 3.70. The van der Waals surface area contributed by atoms with Crippen LogP contribution in [0.4, 0.5) is 0 Å². The number of nitrogens with zero attached hydrogens (tertiary/aromatic N) is 1. The molecule has 0 saturated heterocycles. The summed E-state index contributed by atoms with van der Waals surface area (Å²) < 4.78 is 12.1. The van der Waals surface area contributed by atoms with Crippen molar-refractivity contribution in [1.29, 1.82) is 0 Å². The largest absolute Gasteiger partial charge is 0.508 e. The van der Waals surface area contributed by atoms with Crippen molar-refractivity contribution < 1.29 is 19.4 Å². The Morgan fingerprint density at radius 3 is 2.53 bits per heavy atom. The maximum Gasteiger partial charge on any atom is 0.339 e. The van der Waals surface area contributed by atoms with Gasteiger partial charge in [0.25, 0.3) is 0 Å². The standard InChI is InChI=1S/C28H28BrNO4/c1-4-33-28(32)23-14-22(16-30-17-23)13-19(2)5-6-20(3)26-15-24(29)9-12-27(26)34-18-21-7-10-25(31)11-8-21/h5-12,14-17,31H,4,13,18H2,1-3H3/b19-5-,20-6+. The summed E-state index contributed by atoms with van der Waals surface area (Å²) in [6.45, 7) is 6.61. The number of benzene rings is 2. The number of ether oxygens (including phenoxy) is 2. The molecule has 0 radical (unpaired) electrons. The molecule has 0 fully saturated rings. The molecule has 0 bridgehead atoms. The number of rotatable bonds is 9. The van der Waals surface area contributed by atoms with Gasteiger partial charge in [-0.1, -0.05) is 45.8 Å². The molecule has 1 heterocycles. The van der Waals surface area contributed by atoms with E-state index in [4.69, 9.17) is 9.47 Å². The van der Waals surface area contributed by atoms with Crippen molar-refractivity contribution in [3.63, 3.8) is 0 Å². The van der Waals surface area contributed by atoms with Gasteiger partial charge in [0.15, 0.2) is 0 Å². The minimum absolute atomic E-state index is 0.234. The molecule has 34 heavy (non-hydrogen) atoms. The van der Waals surface area contributed by atoms with E-state index < -0.39 is 0 Å². The molecule has 0 aliphatic carbocycles. The number of carbonyl (C=O) groups excluding carboxylic acids is 1. The summed E-state index contributed by atoms with van der Waals surface area (Å²) in [6.07, 6.45) is 8.09. The molecule has 1 N–H and O–H groups in total. The van der Waals surface area contributed by atoms with E-state index in [0.29, 0.717) is 25.2 Å². The van der Waals surface area contributed by atoms with Crippen molar-refractivity contribution in [3.8, 4) is 11.5 Å². The predicted octanol–water partition coefficient (Wildman–Crippen LogP) is 6.90. The number of halogens is 1. The Bertz CT molecular complexity index is 1200. The first-order valence-corrected chi connectivity index (χ1v) is 11.8. The van der Waals surface area contributed by atoms with Crippen LogP contribution >= 0.6 is 15.9 Å². The van der Waals surface area contributed by atoms with Crippen LogP contribution in [0.3, 0.4) is 0 Å². The summed E-state index contributed by atoms with van der Waals surface area (Å²) in [5.74, 6) is 0.656. The minimum atomic E-state index is -0.358. The number of phenolic OH excluding ortho intramolecular Hbond substituents is 1. The number of allylic oxidation sites excluding steroid dienone is 4. The number of pyridine rings is 1. The molecule has 0 spiro atoms. The number of phenols is 1. The first-order valence-electron chi connectivity index (χ1n) is 11.0. The molecule has 1 aromatic heterocycles. The summed E-state index contributed by atoms with van der Waals surface area (Å²) >= 11 is 3.55. The molecule has 0 amide bonds. The predicted molar refractivity (Wildman–Crippen MR) is 138 cm³/mol. The van der Waals surface area contributed by atoms with Crippen LogP contribution in [0.25, 0.3) is 5.57 Å². The van der Waals surface area contributed by atoms with E-state index in [2.05, 4.69) is 33.1 Å². The van der Waals surface area contributed by atoms with Gasteiger partial charge >= 0.3 is 5.97 Å². The Morgan fingerprint density at radius 2 is 1.79 bits per heavy atom. The van der Waals surface area contributed by atoms with Crippen molar-refractivity contribution in [2.45, 2.75) is 33.8 Å². The molecule has 5 nitrogen and oxygen atoms in total. The number of esters is 1. The highest BCUT2D eigenvalue weighted by Gasteiger charge is 2.09. The zero-order chi connectivity index (χ0) is 24.5. The molecular weight excluding hydrogens is 494 g/mol. The second-order valence-corrected chi connectivity index (χ2v) is 8.85. The SMILES string of the molecule is CCOC(=O)c1cncc(C/C(C)=C\C=C(/C)c2cc(Br)ccc2OCc2ccc(O)cc2)c1. The van der Waals surface area contributed by atoms with Gasteiger partial charge in [-0.2, -0.15) is 0 Å². The molecule has 0 unspecified atom stereocenters. The third-order valence-electron chi connectivity index (χ3n) is 5.10.